The van der Waals surface area contributed by atoms with Crippen molar-refractivity contribution in [3.05, 3.63) is 71.9 Å². The van der Waals surface area contributed by atoms with E-state index in [4.69, 9.17) is 0 Å². The van der Waals surface area contributed by atoms with Gasteiger partial charge in [-0.3, -0.25) is 0 Å². The lowest BCUT2D eigenvalue weighted by atomic mass is 9.78. The van der Waals surface area contributed by atoms with Crippen molar-refractivity contribution in [2.75, 3.05) is 24.5 Å². The topological polar surface area (TPSA) is 28.2 Å². The van der Waals surface area contributed by atoms with E-state index in [2.05, 4.69) is 97.4 Å². The second-order valence-electron chi connectivity index (χ2n) is 10.5. The lowest BCUT2D eigenvalue weighted by Crippen LogP contribution is -2.30. The minimum atomic E-state index is 0.850. The molecule has 3 nitrogen and oxygen atoms in total. The van der Waals surface area contributed by atoms with E-state index in [1.807, 2.05) is 0 Å². The first-order chi connectivity index (χ1) is 18.1. The zero-order chi connectivity index (χ0) is 26.5. The van der Waals surface area contributed by atoms with E-state index in [0.717, 1.165) is 44.3 Å². The third-order valence-electron chi connectivity index (χ3n) is 7.70. The van der Waals surface area contributed by atoms with Gasteiger partial charge in [0, 0.05) is 37.1 Å². The van der Waals surface area contributed by atoms with Crippen molar-refractivity contribution >= 4 is 27.4 Å². The first kappa shape index (κ1) is 29.2. The van der Waals surface area contributed by atoms with Gasteiger partial charge in [-0.15, -0.1) is 0 Å². The highest BCUT2D eigenvalue weighted by Crippen LogP contribution is 2.32. The fourth-order valence-corrected chi connectivity index (χ4v) is 6.33. The van der Waals surface area contributed by atoms with Crippen LogP contribution in [0.4, 0.5) is 5.82 Å². The van der Waals surface area contributed by atoms with Gasteiger partial charge in [-0.25, -0.2) is 0 Å². The average molecular weight is 520 g/mol. The summed E-state index contributed by atoms with van der Waals surface area (Å²) in [6.07, 6.45) is 11.4. The molecule has 202 valence electrons. The van der Waals surface area contributed by atoms with Crippen LogP contribution in [0.1, 0.15) is 83.8 Å². The van der Waals surface area contributed by atoms with E-state index < -0.39 is 0 Å². The Balaban J connectivity index is 0.000000213. The highest BCUT2D eigenvalue weighted by atomic mass is 32.1. The molecule has 1 fully saturated rings. The molecule has 2 unspecified atom stereocenters. The quantitative estimate of drug-likeness (QED) is 0.259. The van der Waals surface area contributed by atoms with Crippen molar-refractivity contribution in [3.63, 3.8) is 0 Å². The van der Waals surface area contributed by atoms with Gasteiger partial charge >= 0.3 is 0 Å². The minimum absolute atomic E-state index is 0.850. The van der Waals surface area contributed by atoms with Gasteiger partial charge in [-0.05, 0) is 72.3 Å². The maximum absolute atomic E-state index is 4.60. The van der Waals surface area contributed by atoms with Gasteiger partial charge in [0.2, 0.25) is 0 Å². The fourth-order valence-electron chi connectivity index (χ4n) is 5.53. The zero-order valence-corrected chi connectivity index (χ0v) is 24.6. The molecule has 0 radical (unpaired) electrons. The van der Waals surface area contributed by atoms with Gasteiger partial charge in [0.25, 0.3) is 0 Å². The molecule has 1 aliphatic rings. The molecule has 1 heterocycles. The second kappa shape index (κ2) is 15.8. The zero-order valence-electron chi connectivity index (χ0n) is 23.8. The highest BCUT2D eigenvalue weighted by Gasteiger charge is 2.23. The Labute approximate surface area is 230 Å². The van der Waals surface area contributed by atoms with E-state index in [9.17, 15) is 0 Å². The molecule has 2 aromatic carbocycles. The molecule has 0 aliphatic heterocycles. The van der Waals surface area contributed by atoms with Crippen LogP contribution in [-0.2, 0) is 12.8 Å². The summed E-state index contributed by atoms with van der Waals surface area (Å²) in [6.45, 7) is 16.5. The second-order valence-corrected chi connectivity index (χ2v) is 11.3. The SMILES string of the molecule is C=C(Cc1ccc(CC)cc1)NCC1CCCCC1CC.CCCN(CCC)c1nsc2ccccc12. The molecular formula is C33H49N3S. The van der Waals surface area contributed by atoms with Gasteiger partial charge in [-0.2, -0.15) is 4.37 Å². The van der Waals surface area contributed by atoms with Crippen LogP contribution in [0.5, 0.6) is 0 Å². The van der Waals surface area contributed by atoms with Gasteiger partial charge in [-0.1, -0.05) is 96.4 Å². The predicted octanol–water partition coefficient (Wildman–Crippen LogP) is 9.03. The van der Waals surface area contributed by atoms with Gasteiger partial charge in [0.15, 0.2) is 0 Å². The maximum atomic E-state index is 4.60. The van der Waals surface area contributed by atoms with Gasteiger partial charge in [0.1, 0.15) is 5.82 Å². The summed E-state index contributed by atoms with van der Waals surface area (Å²) in [7, 11) is 0. The molecule has 0 amide bonds. The normalized spacial score (nSPS) is 17.2. The fraction of sp³-hybridized carbons (Fsp3) is 0.545. The smallest absolute Gasteiger partial charge is 0.150 e. The molecule has 1 aliphatic carbocycles. The minimum Gasteiger partial charge on any atom is -0.388 e. The van der Waals surface area contributed by atoms with E-state index >= 15 is 0 Å². The van der Waals surface area contributed by atoms with Crippen molar-refractivity contribution in [2.45, 2.75) is 85.5 Å². The molecule has 4 heteroatoms. The first-order valence-electron chi connectivity index (χ1n) is 14.7. The Bertz CT molecular complexity index is 1050. The van der Waals surface area contributed by atoms with E-state index in [-0.39, 0.29) is 0 Å². The van der Waals surface area contributed by atoms with Gasteiger partial charge in [0.05, 0.1) is 4.70 Å². The number of rotatable bonds is 12. The molecule has 2 atom stereocenters. The van der Waals surface area contributed by atoms with Crippen LogP contribution in [0.3, 0.4) is 0 Å². The summed E-state index contributed by atoms with van der Waals surface area (Å²) in [5, 5.41) is 4.90. The number of hydrogen-bond acceptors (Lipinski definition) is 4. The number of benzene rings is 2. The summed E-state index contributed by atoms with van der Waals surface area (Å²) in [5.41, 5.74) is 3.94. The summed E-state index contributed by atoms with van der Waals surface area (Å²) < 4.78 is 5.89. The predicted molar refractivity (Wildman–Crippen MR) is 165 cm³/mol. The summed E-state index contributed by atoms with van der Waals surface area (Å²) in [6, 6.07) is 17.4. The van der Waals surface area contributed by atoms with Crippen LogP contribution in [-0.4, -0.2) is 24.0 Å². The summed E-state index contributed by atoms with van der Waals surface area (Å²) in [4.78, 5) is 2.40. The Hall–Kier alpha value is -2.33. The molecule has 4 rings (SSSR count). The molecule has 0 spiro atoms. The molecule has 3 aromatic rings. The van der Waals surface area contributed by atoms with Crippen LogP contribution in [0.15, 0.2) is 60.8 Å². The van der Waals surface area contributed by atoms with Crippen LogP contribution in [0.25, 0.3) is 10.1 Å². The maximum Gasteiger partial charge on any atom is 0.150 e. The van der Waals surface area contributed by atoms with E-state index in [0.29, 0.717) is 0 Å². The lowest BCUT2D eigenvalue weighted by molar-refractivity contribution is 0.228. The summed E-state index contributed by atoms with van der Waals surface area (Å²) in [5.74, 6) is 2.94. The largest absolute Gasteiger partial charge is 0.388 e. The van der Waals surface area contributed by atoms with Crippen LogP contribution in [0, 0.1) is 11.8 Å². The molecule has 1 N–H and O–H groups in total. The molecular weight excluding hydrogens is 470 g/mol. The number of fused-ring (bicyclic) bond motifs is 1. The van der Waals surface area contributed by atoms with Crippen molar-refractivity contribution in [1.29, 1.82) is 0 Å². The number of aromatic nitrogens is 1. The Kier molecular flexibility index (Phi) is 12.5. The number of allylic oxidation sites excluding steroid dienone is 1. The number of hydrogen-bond donors (Lipinski definition) is 1. The number of anilines is 1. The third-order valence-corrected chi connectivity index (χ3v) is 8.52. The standard InChI is InChI=1S/C20H31N.C13H18N2S/c1-4-17-10-12-18(13-11-17)14-16(3)21-15-20-9-7-6-8-19(20)5-2;1-3-9-15(10-4-2)13-11-7-5-6-8-12(11)16-14-13/h10-13,19-21H,3-9,14-15H2,1-2H3;5-8H,3-4,9-10H2,1-2H3. The van der Waals surface area contributed by atoms with Crippen LogP contribution >= 0.6 is 11.5 Å². The van der Waals surface area contributed by atoms with Crippen molar-refractivity contribution in [1.82, 2.24) is 9.69 Å². The van der Waals surface area contributed by atoms with Crippen molar-refractivity contribution in [3.8, 4) is 0 Å². The summed E-state index contributed by atoms with van der Waals surface area (Å²) >= 11 is 1.60. The average Bonchev–Trinajstić information content (AvgIpc) is 3.37. The molecule has 1 aromatic heterocycles. The molecule has 0 saturated heterocycles. The van der Waals surface area contributed by atoms with Crippen LogP contribution in [0.2, 0.25) is 0 Å². The highest BCUT2D eigenvalue weighted by molar-refractivity contribution is 7.13. The molecule has 37 heavy (non-hydrogen) atoms. The van der Waals surface area contributed by atoms with Crippen molar-refractivity contribution < 1.29 is 0 Å². The monoisotopic (exact) mass is 519 g/mol. The number of nitrogens with one attached hydrogen (secondary N) is 1. The Morgan fingerprint density at radius 3 is 2.22 bits per heavy atom. The van der Waals surface area contributed by atoms with Crippen LogP contribution < -0.4 is 10.2 Å². The van der Waals surface area contributed by atoms with E-state index in [1.54, 1.807) is 11.5 Å². The number of nitrogens with zero attached hydrogens (tertiary/aromatic N) is 2. The third kappa shape index (κ3) is 8.88. The molecule has 1 saturated carbocycles. The Morgan fingerprint density at radius 1 is 0.919 bits per heavy atom. The van der Waals surface area contributed by atoms with E-state index in [1.165, 1.54) is 77.7 Å². The Morgan fingerprint density at radius 2 is 1.57 bits per heavy atom. The van der Waals surface area contributed by atoms with Gasteiger partial charge < -0.3 is 10.2 Å². The number of aryl methyl sites for hydroxylation is 1. The van der Waals surface area contributed by atoms with Crippen molar-refractivity contribution in [2.24, 2.45) is 11.8 Å². The molecule has 0 bridgehead atoms. The first-order valence-corrected chi connectivity index (χ1v) is 15.5. The lowest BCUT2D eigenvalue weighted by Gasteiger charge is -2.31.